The molecule has 0 aliphatic carbocycles. The Morgan fingerprint density at radius 3 is 2.95 bits per heavy atom. The molecule has 0 atom stereocenters. The maximum Gasteiger partial charge on any atom is 0.338 e. The lowest BCUT2D eigenvalue weighted by atomic mass is 10.1. The first kappa shape index (κ1) is 13.8. The summed E-state index contributed by atoms with van der Waals surface area (Å²) in [7, 11) is 1.38. The Hall–Kier alpha value is -1.59. The second-order valence-electron chi connectivity index (χ2n) is 3.90. The minimum Gasteiger partial charge on any atom is -0.465 e. The topological polar surface area (TPSA) is 51.2 Å². The largest absolute Gasteiger partial charge is 0.465 e. The molecule has 0 spiro atoms. The van der Waals surface area contributed by atoms with E-state index < -0.39 is 0 Å². The van der Waals surface area contributed by atoms with E-state index in [2.05, 4.69) is 10.3 Å². The molecule has 0 unspecified atom stereocenters. The van der Waals surface area contributed by atoms with Gasteiger partial charge in [0.2, 0.25) is 0 Å². The molecule has 0 fully saturated rings. The Kier molecular flexibility index (Phi) is 4.39. The van der Waals surface area contributed by atoms with E-state index in [0.717, 1.165) is 16.1 Å². The lowest BCUT2D eigenvalue weighted by molar-refractivity contribution is 0.0600. The van der Waals surface area contributed by atoms with Crippen LogP contribution in [0.5, 0.6) is 0 Å². The van der Waals surface area contributed by atoms with Gasteiger partial charge in [-0.2, -0.15) is 0 Å². The predicted molar refractivity (Wildman–Crippen MR) is 77.0 cm³/mol. The van der Waals surface area contributed by atoms with Crippen molar-refractivity contribution < 1.29 is 9.53 Å². The van der Waals surface area contributed by atoms with Crippen molar-refractivity contribution in [2.24, 2.45) is 0 Å². The molecular formula is C13H13ClN2O2S. The molecule has 100 valence electrons. The molecule has 1 aromatic heterocycles. The number of hydrogen-bond acceptors (Lipinski definition) is 5. The van der Waals surface area contributed by atoms with Crippen molar-refractivity contribution in [3.05, 3.63) is 44.9 Å². The van der Waals surface area contributed by atoms with E-state index in [1.54, 1.807) is 12.3 Å². The third-order valence-electron chi connectivity index (χ3n) is 2.72. The van der Waals surface area contributed by atoms with Gasteiger partial charge < -0.3 is 10.1 Å². The molecule has 0 aliphatic heterocycles. The number of carbonyl (C=O) groups excluding carboxylic acids is 1. The normalized spacial score (nSPS) is 10.3. The smallest absolute Gasteiger partial charge is 0.338 e. The van der Waals surface area contributed by atoms with Crippen molar-refractivity contribution in [1.82, 2.24) is 4.98 Å². The fourth-order valence-corrected chi connectivity index (χ4v) is 2.62. The van der Waals surface area contributed by atoms with E-state index in [4.69, 9.17) is 16.3 Å². The van der Waals surface area contributed by atoms with Gasteiger partial charge in [-0.15, -0.1) is 11.3 Å². The van der Waals surface area contributed by atoms with Crippen LogP contribution in [0.4, 0.5) is 5.69 Å². The summed E-state index contributed by atoms with van der Waals surface area (Å²) >= 11 is 7.21. The minimum absolute atomic E-state index is 0.331. The molecule has 1 heterocycles. The molecule has 0 saturated carbocycles. The fraction of sp³-hybridized carbons (Fsp3) is 0.231. The van der Waals surface area contributed by atoms with Crippen LogP contribution in [0, 0.1) is 6.92 Å². The van der Waals surface area contributed by atoms with E-state index in [0.29, 0.717) is 16.6 Å². The summed E-state index contributed by atoms with van der Waals surface area (Å²) in [5.41, 5.74) is 2.33. The average molecular weight is 297 g/mol. The first-order valence-electron chi connectivity index (χ1n) is 5.64. The Morgan fingerprint density at radius 1 is 1.53 bits per heavy atom. The molecule has 1 aromatic carbocycles. The molecule has 0 amide bonds. The maximum atomic E-state index is 11.6. The second kappa shape index (κ2) is 6.04. The van der Waals surface area contributed by atoms with Crippen molar-refractivity contribution in [2.75, 3.05) is 12.4 Å². The van der Waals surface area contributed by atoms with E-state index >= 15 is 0 Å². The summed E-state index contributed by atoms with van der Waals surface area (Å²) in [5.74, 6) is -0.331. The van der Waals surface area contributed by atoms with Crippen LogP contribution in [0.3, 0.4) is 0 Å². The first-order valence-corrected chi connectivity index (χ1v) is 6.83. The van der Waals surface area contributed by atoms with Crippen molar-refractivity contribution >= 4 is 34.6 Å². The number of rotatable bonds is 4. The summed E-state index contributed by atoms with van der Waals surface area (Å²) in [4.78, 5) is 16.6. The van der Waals surface area contributed by atoms with Crippen LogP contribution in [-0.4, -0.2) is 18.1 Å². The number of nitrogens with zero attached hydrogens (tertiary/aromatic N) is 1. The van der Waals surface area contributed by atoms with Gasteiger partial charge in [-0.25, -0.2) is 9.78 Å². The minimum atomic E-state index is -0.331. The summed E-state index contributed by atoms with van der Waals surface area (Å²) in [6.07, 6.45) is 1.74. The first-order chi connectivity index (χ1) is 9.11. The Bertz CT molecular complexity index is 598. The number of nitrogens with one attached hydrogen (secondary N) is 1. The molecule has 0 saturated heterocycles. The number of thiazole rings is 1. The summed E-state index contributed by atoms with van der Waals surface area (Å²) in [6, 6.07) is 5.49. The number of ether oxygens (including phenoxy) is 1. The van der Waals surface area contributed by atoms with Crippen LogP contribution in [-0.2, 0) is 11.3 Å². The van der Waals surface area contributed by atoms with Gasteiger partial charge in [0.05, 0.1) is 19.2 Å². The van der Waals surface area contributed by atoms with Crippen LogP contribution in [0.15, 0.2) is 24.4 Å². The molecule has 0 bridgehead atoms. The van der Waals surface area contributed by atoms with Gasteiger partial charge in [0.1, 0.15) is 0 Å². The predicted octanol–water partition coefficient (Wildman–Crippen LogP) is 3.50. The lowest BCUT2D eigenvalue weighted by Gasteiger charge is -2.11. The zero-order chi connectivity index (χ0) is 13.8. The summed E-state index contributed by atoms with van der Waals surface area (Å²) < 4.78 is 5.27. The zero-order valence-electron chi connectivity index (χ0n) is 10.6. The number of carbonyl (C=O) groups is 1. The lowest BCUT2D eigenvalue weighted by Crippen LogP contribution is -2.07. The maximum absolute atomic E-state index is 11.6. The molecule has 2 rings (SSSR count). The Morgan fingerprint density at radius 2 is 2.32 bits per heavy atom. The van der Waals surface area contributed by atoms with E-state index in [1.807, 2.05) is 19.1 Å². The highest BCUT2D eigenvalue weighted by molar-refractivity contribution is 7.15. The molecule has 4 nitrogen and oxygen atoms in total. The fourth-order valence-electron chi connectivity index (χ4n) is 1.71. The van der Waals surface area contributed by atoms with Crippen molar-refractivity contribution in [2.45, 2.75) is 13.5 Å². The van der Waals surface area contributed by atoms with Crippen LogP contribution in [0.2, 0.25) is 4.47 Å². The van der Waals surface area contributed by atoms with Gasteiger partial charge in [0.25, 0.3) is 0 Å². The van der Waals surface area contributed by atoms with Gasteiger partial charge in [-0.3, -0.25) is 0 Å². The van der Waals surface area contributed by atoms with Crippen LogP contribution < -0.4 is 5.32 Å². The molecule has 2 aromatic rings. The summed E-state index contributed by atoms with van der Waals surface area (Å²) in [5, 5.41) is 3.27. The van der Waals surface area contributed by atoms with E-state index in [-0.39, 0.29) is 5.97 Å². The standard InChI is InChI=1S/C13H13ClN2O2S/c1-8-10(12(17)18-2)4-3-5-11(8)15-6-9-7-16-13(14)19-9/h3-5,7,15H,6H2,1-2H3. The third kappa shape index (κ3) is 3.24. The Balaban J connectivity index is 2.14. The number of aromatic nitrogens is 1. The number of hydrogen-bond donors (Lipinski definition) is 1. The van der Waals surface area contributed by atoms with Gasteiger partial charge in [0.15, 0.2) is 4.47 Å². The van der Waals surface area contributed by atoms with Gasteiger partial charge in [-0.1, -0.05) is 17.7 Å². The quantitative estimate of drug-likeness (QED) is 0.877. The van der Waals surface area contributed by atoms with Crippen LogP contribution in [0.1, 0.15) is 20.8 Å². The van der Waals surface area contributed by atoms with Gasteiger partial charge in [0, 0.05) is 16.8 Å². The van der Waals surface area contributed by atoms with Gasteiger partial charge >= 0.3 is 5.97 Å². The second-order valence-corrected chi connectivity index (χ2v) is 5.60. The number of benzene rings is 1. The highest BCUT2D eigenvalue weighted by Crippen LogP contribution is 2.22. The number of halogens is 1. The molecule has 0 aliphatic rings. The Labute approximate surface area is 120 Å². The SMILES string of the molecule is COC(=O)c1cccc(NCc2cnc(Cl)s2)c1C. The molecular weight excluding hydrogens is 284 g/mol. The molecule has 1 N–H and O–H groups in total. The highest BCUT2D eigenvalue weighted by Gasteiger charge is 2.11. The van der Waals surface area contributed by atoms with Crippen molar-refractivity contribution in [3.8, 4) is 0 Å². The third-order valence-corrected chi connectivity index (χ3v) is 3.83. The average Bonchev–Trinajstić information content (AvgIpc) is 2.82. The van der Waals surface area contributed by atoms with E-state index in [1.165, 1.54) is 18.4 Å². The monoisotopic (exact) mass is 296 g/mol. The van der Waals surface area contributed by atoms with Crippen LogP contribution in [0.25, 0.3) is 0 Å². The highest BCUT2D eigenvalue weighted by atomic mass is 35.5. The zero-order valence-corrected chi connectivity index (χ0v) is 12.1. The van der Waals surface area contributed by atoms with E-state index in [9.17, 15) is 4.79 Å². The number of esters is 1. The van der Waals surface area contributed by atoms with Crippen molar-refractivity contribution in [3.63, 3.8) is 0 Å². The summed E-state index contributed by atoms with van der Waals surface area (Å²) in [6.45, 7) is 2.50. The van der Waals surface area contributed by atoms with Gasteiger partial charge in [-0.05, 0) is 24.6 Å². The molecule has 0 radical (unpaired) electrons. The van der Waals surface area contributed by atoms with Crippen molar-refractivity contribution in [1.29, 1.82) is 0 Å². The number of anilines is 1. The number of methoxy groups -OCH3 is 1. The van der Waals surface area contributed by atoms with Crippen LogP contribution >= 0.6 is 22.9 Å². The molecule has 6 heteroatoms. The molecule has 19 heavy (non-hydrogen) atoms.